The van der Waals surface area contributed by atoms with Crippen LogP contribution in [-0.4, -0.2) is 58.2 Å². The van der Waals surface area contributed by atoms with Gasteiger partial charge in [0.15, 0.2) is 0 Å². The predicted molar refractivity (Wildman–Crippen MR) is 79.2 cm³/mol. The zero-order valence-corrected chi connectivity index (χ0v) is 12.6. The molecular formula is C16H16N2O5. The number of carboxylic acid groups (broad SMARTS) is 1. The molecule has 0 aliphatic carbocycles. The lowest BCUT2D eigenvalue weighted by Crippen LogP contribution is -2.36. The van der Waals surface area contributed by atoms with Gasteiger partial charge < -0.3 is 10.0 Å². The van der Waals surface area contributed by atoms with E-state index in [9.17, 15) is 19.2 Å². The Kier molecular flexibility index (Phi) is 3.63. The summed E-state index contributed by atoms with van der Waals surface area (Å²) in [4.78, 5) is 50.0. The number of benzene rings is 1. The third-order valence-corrected chi connectivity index (χ3v) is 4.38. The van der Waals surface area contributed by atoms with Crippen LogP contribution in [0.25, 0.3) is 0 Å². The highest BCUT2D eigenvalue weighted by atomic mass is 16.4. The van der Waals surface area contributed by atoms with Crippen molar-refractivity contribution in [1.82, 2.24) is 9.80 Å². The first-order valence-corrected chi connectivity index (χ1v) is 7.39. The summed E-state index contributed by atoms with van der Waals surface area (Å²) in [5.74, 6) is -2.05. The summed E-state index contributed by atoms with van der Waals surface area (Å²) in [6.07, 6.45) is 1.33. The Hall–Kier alpha value is -2.70. The number of carbonyl (C=O) groups is 4. The van der Waals surface area contributed by atoms with Gasteiger partial charge in [-0.2, -0.15) is 0 Å². The average Bonchev–Trinajstić information content (AvgIpc) is 3.05. The van der Waals surface area contributed by atoms with Crippen molar-refractivity contribution in [3.63, 3.8) is 0 Å². The number of hydrogen-bond acceptors (Lipinski definition) is 4. The molecule has 0 aromatic heterocycles. The SMILES string of the molecule is CN1C(=O)c2ccc(C(=O)N3CCCC3CC(=O)O)cc2C1=O. The van der Waals surface area contributed by atoms with E-state index in [2.05, 4.69) is 0 Å². The highest BCUT2D eigenvalue weighted by Gasteiger charge is 2.35. The third-order valence-electron chi connectivity index (χ3n) is 4.38. The van der Waals surface area contributed by atoms with Gasteiger partial charge in [-0.25, -0.2) is 0 Å². The number of aliphatic carboxylic acids is 1. The Morgan fingerprint density at radius 1 is 1.22 bits per heavy atom. The molecule has 2 aliphatic rings. The average molecular weight is 316 g/mol. The maximum atomic E-state index is 12.6. The Labute approximate surface area is 132 Å². The first-order chi connectivity index (χ1) is 10.9. The van der Waals surface area contributed by atoms with Gasteiger partial charge >= 0.3 is 5.97 Å². The van der Waals surface area contributed by atoms with Crippen LogP contribution in [0.3, 0.4) is 0 Å². The Bertz CT molecular complexity index is 727. The van der Waals surface area contributed by atoms with Gasteiger partial charge in [0.1, 0.15) is 0 Å². The monoisotopic (exact) mass is 316 g/mol. The molecule has 0 saturated carbocycles. The van der Waals surface area contributed by atoms with Crippen LogP contribution >= 0.6 is 0 Å². The zero-order chi connectivity index (χ0) is 16.7. The van der Waals surface area contributed by atoms with Crippen molar-refractivity contribution >= 4 is 23.7 Å². The zero-order valence-electron chi connectivity index (χ0n) is 12.6. The van der Waals surface area contributed by atoms with E-state index in [0.29, 0.717) is 18.5 Å². The van der Waals surface area contributed by atoms with Crippen molar-refractivity contribution in [1.29, 1.82) is 0 Å². The number of carbonyl (C=O) groups excluding carboxylic acids is 3. The number of hydrogen-bond donors (Lipinski definition) is 1. The lowest BCUT2D eigenvalue weighted by molar-refractivity contribution is -0.137. The molecular weight excluding hydrogens is 300 g/mol. The molecule has 120 valence electrons. The maximum Gasteiger partial charge on any atom is 0.305 e. The number of carboxylic acids is 1. The van der Waals surface area contributed by atoms with Crippen LogP contribution in [0.15, 0.2) is 18.2 Å². The summed E-state index contributed by atoms with van der Waals surface area (Å²) in [6.45, 7) is 0.501. The lowest BCUT2D eigenvalue weighted by atomic mass is 10.0. The number of rotatable bonds is 3. The smallest absolute Gasteiger partial charge is 0.305 e. The molecule has 1 atom stereocenters. The molecule has 1 N–H and O–H groups in total. The minimum absolute atomic E-state index is 0.0865. The van der Waals surface area contributed by atoms with E-state index in [-0.39, 0.29) is 35.4 Å². The van der Waals surface area contributed by atoms with Gasteiger partial charge in [-0.3, -0.25) is 24.1 Å². The Morgan fingerprint density at radius 2 is 1.91 bits per heavy atom. The van der Waals surface area contributed by atoms with Gasteiger partial charge in [0.2, 0.25) is 0 Å². The van der Waals surface area contributed by atoms with Crippen molar-refractivity contribution in [3.05, 3.63) is 34.9 Å². The minimum atomic E-state index is -0.939. The number of likely N-dealkylation sites (tertiary alicyclic amines) is 1. The first-order valence-electron chi connectivity index (χ1n) is 7.39. The van der Waals surface area contributed by atoms with Gasteiger partial charge in [0, 0.05) is 25.2 Å². The number of fused-ring (bicyclic) bond motifs is 1. The number of nitrogens with zero attached hydrogens (tertiary/aromatic N) is 2. The summed E-state index contributed by atoms with van der Waals surface area (Å²) in [6, 6.07) is 4.10. The molecule has 3 amide bonds. The second-order valence-corrected chi connectivity index (χ2v) is 5.82. The molecule has 0 bridgehead atoms. The highest BCUT2D eigenvalue weighted by molar-refractivity contribution is 6.21. The molecule has 1 aromatic rings. The molecule has 7 nitrogen and oxygen atoms in total. The molecule has 0 radical (unpaired) electrons. The topological polar surface area (TPSA) is 95.0 Å². The largest absolute Gasteiger partial charge is 0.481 e. The standard InChI is InChI=1S/C16H16N2O5/c1-17-15(22)11-5-4-9(7-12(11)16(17)23)14(21)18-6-2-3-10(18)8-13(19)20/h4-5,7,10H,2-3,6,8H2,1H3,(H,19,20). The predicted octanol–water partition coefficient (Wildman–Crippen LogP) is 0.992. The van der Waals surface area contributed by atoms with Crippen molar-refractivity contribution in [2.24, 2.45) is 0 Å². The maximum absolute atomic E-state index is 12.6. The second-order valence-electron chi connectivity index (χ2n) is 5.82. The van der Waals surface area contributed by atoms with Gasteiger partial charge in [0.25, 0.3) is 17.7 Å². The summed E-state index contributed by atoms with van der Waals surface area (Å²) in [7, 11) is 1.40. The van der Waals surface area contributed by atoms with Crippen LogP contribution in [0.5, 0.6) is 0 Å². The normalized spacial score (nSPS) is 20.1. The van der Waals surface area contributed by atoms with E-state index < -0.39 is 11.9 Å². The summed E-state index contributed by atoms with van der Waals surface area (Å²) in [5, 5.41) is 8.94. The summed E-state index contributed by atoms with van der Waals surface area (Å²) in [5.41, 5.74) is 0.812. The Morgan fingerprint density at radius 3 is 2.61 bits per heavy atom. The van der Waals surface area contributed by atoms with E-state index in [1.807, 2.05) is 0 Å². The van der Waals surface area contributed by atoms with Crippen molar-refractivity contribution < 1.29 is 24.3 Å². The molecule has 7 heteroatoms. The number of amides is 3. The van der Waals surface area contributed by atoms with Gasteiger partial charge in [0.05, 0.1) is 17.5 Å². The van der Waals surface area contributed by atoms with Crippen molar-refractivity contribution in [3.8, 4) is 0 Å². The molecule has 1 fully saturated rings. The fourth-order valence-electron chi connectivity index (χ4n) is 3.18. The summed E-state index contributed by atoms with van der Waals surface area (Å²) < 4.78 is 0. The first kappa shape index (κ1) is 15.2. The molecule has 1 unspecified atom stereocenters. The Balaban J connectivity index is 1.88. The lowest BCUT2D eigenvalue weighted by Gasteiger charge is -2.23. The third kappa shape index (κ3) is 2.48. The van der Waals surface area contributed by atoms with E-state index >= 15 is 0 Å². The van der Waals surface area contributed by atoms with E-state index in [1.54, 1.807) is 4.90 Å². The minimum Gasteiger partial charge on any atom is -0.481 e. The van der Waals surface area contributed by atoms with Gasteiger partial charge in [-0.15, -0.1) is 0 Å². The summed E-state index contributed by atoms with van der Waals surface area (Å²) >= 11 is 0. The quantitative estimate of drug-likeness (QED) is 0.839. The van der Waals surface area contributed by atoms with Crippen LogP contribution in [0, 0.1) is 0 Å². The van der Waals surface area contributed by atoms with Gasteiger partial charge in [-0.05, 0) is 31.0 Å². The van der Waals surface area contributed by atoms with Crippen LogP contribution in [0.1, 0.15) is 50.3 Å². The molecule has 3 rings (SSSR count). The molecule has 1 aromatic carbocycles. The van der Waals surface area contributed by atoms with Gasteiger partial charge in [-0.1, -0.05) is 0 Å². The van der Waals surface area contributed by atoms with E-state index in [0.717, 1.165) is 11.3 Å². The fourth-order valence-corrected chi connectivity index (χ4v) is 3.18. The molecule has 1 saturated heterocycles. The number of imide groups is 1. The van der Waals surface area contributed by atoms with Crippen LogP contribution in [0.4, 0.5) is 0 Å². The molecule has 23 heavy (non-hydrogen) atoms. The molecule has 0 spiro atoms. The van der Waals surface area contributed by atoms with Crippen molar-refractivity contribution in [2.75, 3.05) is 13.6 Å². The second kappa shape index (κ2) is 5.49. The van der Waals surface area contributed by atoms with E-state index in [1.165, 1.54) is 25.2 Å². The molecule has 2 aliphatic heterocycles. The van der Waals surface area contributed by atoms with Crippen LogP contribution in [-0.2, 0) is 4.79 Å². The fraction of sp³-hybridized carbons (Fsp3) is 0.375. The van der Waals surface area contributed by atoms with Crippen LogP contribution < -0.4 is 0 Å². The molecule has 2 heterocycles. The van der Waals surface area contributed by atoms with Crippen molar-refractivity contribution in [2.45, 2.75) is 25.3 Å². The highest BCUT2D eigenvalue weighted by Crippen LogP contribution is 2.26. The van der Waals surface area contributed by atoms with Crippen LogP contribution in [0.2, 0.25) is 0 Å². The van der Waals surface area contributed by atoms with E-state index in [4.69, 9.17) is 5.11 Å².